The van der Waals surface area contributed by atoms with E-state index in [0.717, 1.165) is 60.9 Å². The summed E-state index contributed by atoms with van der Waals surface area (Å²) in [6.07, 6.45) is 0. The first-order valence-electron chi connectivity index (χ1n) is 16.5. The molecular weight excluding hydrogens is 587 g/mol. The highest BCUT2D eigenvalue weighted by atomic mass is 16.4. The molecule has 0 aliphatic heterocycles. The lowest BCUT2D eigenvalue weighted by atomic mass is 9.82. The molecule has 0 N–H and O–H groups in total. The van der Waals surface area contributed by atoms with Gasteiger partial charge in [0.15, 0.2) is 11.2 Å². The molecule has 1 aliphatic rings. The van der Waals surface area contributed by atoms with E-state index < -0.39 is 0 Å². The maximum Gasteiger partial charge on any atom is 0.178 e. The third kappa shape index (κ3) is 3.88. The summed E-state index contributed by atoms with van der Waals surface area (Å²) in [5.74, 6) is 0. The van der Waals surface area contributed by atoms with Crippen LogP contribution in [0.25, 0.3) is 66.1 Å². The highest BCUT2D eigenvalue weighted by Crippen LogP contribution is 2.51. The van der Waals surface area contributed by atoms with Gasteiger partial charge in [0.05, 0.1) is 0 Å². The normalized spacial score (nSPS) is 13.4. The maximum absolute atomic E-state index is 6.52. The van der Waals surface area contributed by atoms with Crippen molar-refractivity contribution < 1.29 is 8.83 Å². The molecule has 0 unspecified atom stereocenters. The monoisotopic (exact) mass is 617 g/mol. The molecule has 3 nitrogen and oxygen atoms in total. The zero-order valence-corrected chi connectivity index (χ0v) is 26.7. The number of rotatable bonds is 4. The summed E-state index contributed by atoms with van der Waals surface area (Å²) in [7, 11) is 0. The van der Waals surface area contributed by atoms with Gasteiger partial charge in [-0.05, 0) is 94.0 Å². The number of nitrogens with zero attached hydrogens (tertiary/aromatic N) is 1. The van der Waals surface area contributed by atoms with Crippen LogP contribution in [0, 0.1) is 0 Å². The zero-order valence-electron chi connectivity index (χ0n) is 26.7. The predicted molar refractivity (Wildman–Crippen MR) is 199 cm³/mol. The van der Waals surface area contributed by atoms with Crippen molar-refractivity contribution in [2.75, 3.05) is 4.90 Å². The molecule has 10 rings (SSSR count). The van der Waals surface area contributed by atoms with Gasteiger partial charge in [-0.15, -0.1) is 0 Å². The molecular formula is C45H31NO2. The fraction of sp³-hybridized carbons (Fsp3) is 0.0667. The number of furan rings is 2. The van der Waals surface area contributed by atoms with Crippen LogP contribution in [-0.4, -0.2) is 0 Å². The summed E-state index contributed by atoms with van der Waals surface area (Å²) in [6, 6.07) is 54.2. The van der Waals surface area contributed by atoms with Crippen LogP contribution < -0.4 is 4.90 Å². The fourth-order valence-electron chi connectivity index (χ4n) is 7.86. The zero-order chi connectivity index (χ0) is 32.0. The van der Waals surface area contributed by atoms with E-state index >= 15 is 0 Å². The number of hydrogen-bond donors (Lipinski definition) is 0. The minimum Gasteiger partial charge on any atom is -0.452 e. The first kappa shape index (κ1) is 27.1. The highest BCUT2D eigenvalue weighted by molar-refractivity contribution is 6.19. The van der Waals surface area contributed by atoms with Gasteiger partial charge in [-0.25, -0.2) is 0 Å². The van der Waals surface area contributed by atoms with Crippen molar-refractivity contribution >= 4 is 60.9 Å². The number of fused-ring (bicyclic) bond motifs is 10. The Morgan fingerprint density at radius 2 is 1.00 bits per heavy atom. The first-order valence-corrected chi connectivity index (χ1v) is 16.5. The summed E-state index contributed by atoms with van der Waals surface area (Å²) >= 11 is 0. The lowest BCUT2D eigenvalue weighted by Gasteiger charge is -2.28. The van der Waals surface area contributed by atoms with E-state index in [-0.39, 0.29) is 5.41 Å². The van der Waals surface area contributed by atoms with E-state index in [1.54, 1.807) is 0 Å². The average molecular weight is 618 g/mol. The Morgan fingerprint density at radius 3 is 1.81 bits per heavy atom. The van der Waals surface area contributed by atoms with Gasteiger partial charge in [0, 0.05) is 44.0 Å². The van der Waals surface area contributed by atoms with Gasteiger partial charge in [0.1, 0.15) is 11.2 Å². The van der Waals surface area contributed by atoms with Crippen molar-refractivity contribution in [3.05, 3.63) is 163 Å². The largest absolute Gasteiger partial charge is 0.452 e. The molecule has 3 heteroatoms. The van der Waals surface area contributed by atoms with Crippen LogP contribution in [0.4, 0.5) is 17.1 Å². The lowest BCUT2D eigenvalue weighted by molar-refractivity contribution is 0.633. The molecule has 2 aromatic heterocycles. The smallest absolute Gasteiger partial charge is 0.178 e. The third-order valence-corrected chi connectivity index (χ3v) is 10.3. The minimum absolute atomic E-state index is 0.104. The van der Waals surface area contributed by atoms with Crippen molar-refractivity contribution in [3.8, 4) is 22.3 Å². The van der Waals surface area contributed by atoms with Gasteiger partial charge >= 0.3 is 0 Å². The predicted octanol–water partition coefficient (Wildman–Crippen LogP) is 12.9. The van der Waals surface area contributed by atoms with E-state index in [1.165, 1.54) is 33.4 Å². The molecule has 9 aromatic rings. The van der Waals surface area contributed by atoms with E-state index in [9.17, 15) is 0 Å². The van der Waals surface area contributed by atoms with Gasteiger partial charge in [-0.2, -0.15) is 0 Å². The van der Waals surface area contributed by atoms with Crippen LogP contribution in [0.1, 0.15) is 25.0 Å². The molecule has 2 heterocycles. The molecule has 228 valence electrons. The number of benzene rings is 7. The van der Waals surface area contributed by atoms with Gasteiger partial charge in [0.25, 0.3) is 0 Å². The second kappa shape index (κ2) is 9.97. The molecule has 0 bridgehead atoms. The van der Waals surface area contributed by atoms with E-state index in [0.29, 0.717) is 0 Å². The Bertz CT molecular complexity index is 2690. The lowest BCUT2D eigenvalue weighted by Crippen LogP contribution is -2.16. The van der Waals surface area contributed by atoms with Crippen LogP contribution in [-0.2, 0) is 5.41 Å². The summed E-state index contributed by atoms with van der Waals surface area (Å²) in [6.45, 7) is 4.67. The van der Waals surface area contributed by atoms with Gasteiger partial charge in [0.2, 0.25) is 0 Å². The SMILES string of the molecule is CC1(C)c2ccccc2-c2ccc(N(c3ccc(-c4ccccc4)cc3)c3ccc4oc5c(ccc6c7ccccc7oc65)c4c3)cc21. The second-order valence-corrected chi connectivity index (χ2v) is 13.3. The molecule has 1 aliphatic carbocycles. The minimum atomic E-state index is -0.104. The average Bonchev–Trinajstić information content (AvgIpc) is 3.77. The van der Waals surface area contributed by atoms with Crippen molar-refractivity contribution in [2.24, 2.45) is 0 Å². The third-order valence-electron chi connectivity index (χ3n) is 10.3. The Kier molecular flexibility index (Phi) is 5.63. The Balaban J connectivity index is 1.16. The molecule has 0 radical (unpaired) electrons. The Hall–Kier alpha value is -6.06. The fourth-order valence-corrected chi connectivity index (χ4v) is 7.86. The molecule has 0 atom stereocenters. The Morgan fingerprint density at radius 1 is 0.417 bits per heavy atom. The molecule has 7 aromatic carbocycles. The standard InChI is InChI=1S/C45H31NO2/c1-45(2)39-14-8-6-12-33(39)34-22-20-32(27-40(34)45)46(30-18-16-29(17-19-30)28-10-4-3-5-11-28)31-21-25-42-38(26-31)37-24-23-36-35-13-7-9-15-41(35)47-43(36)44(37)48-42/h3-27H,1-2H3. The summed E-state index contributed by atoms with van der Waals surface area (Å²) in [4.78, 5) is 2.37. The second-order valence-electron chi connectivity index (χ2n) is 13.3. The molecule has 48 heavy (non-hydrogen) atoms. The maximum atomic E-state index is 6.52. The van der Waals surface area contributed by atoms with Gasteiger partial charge in [-0.3, -0.25) is 0 Å². The van der Waals surface area contributed by atoms with E-state index in [1.807, 2.05) is 18.2 Å². The van der Waals surface area contributed by atoms with Crippen molar-refractivity contribution in [1.29, 1.82) is 0 Å². The van der Waals surface area contributed by atoms with Gasteiger partial charge in [-0.1, -0.05) is 105 Å². The molecule has 0 saturated heterocycles. The van der Waals surface area contributed by atoms with E-state index in [2.05, 4.69) is 152 Å². The summed E-state index contributed by atoms with van der Waals surface area (Å²) < 4.78 is 12.9. The van der Waals surface area contributed by atoms with Crippen LogP contribution in [0.15, 0.2) is 160 Å². The molecule has 0 amide bonds. The van der Waals surface area contributed by atoms with Crippen molar-refractivity contribution in [2.45, 2.75) is 19.3 Å². The Labute approximate surface area is 278 Å². The number of para-hydroxylation sites is 1. The van der Waals surface area contributed by atoms with E-state index in [4.69, 9.17) is 8.83 Å². The molecule has 0 saturated carbocycles. The van der Waals surface area contributed by atoms with Crippen LogP contribution in [0.3, 0.4) is 0 Å². The number of hydrogen-bond acceptors (Lipinski definition) is 3. The first-order chi connectivity index (χ1) is 23.5. The molecule has 0 spiro atoms. The summed E-state index contributed by atoms with van der Waals surface area (Å²) in [5, 5.41) is 4.27. The summed E-state index contributed by atoms with van der Waals surface area (Å²) in [5.41, 5.74) is 14.2. The van der Waals surface area contributed by atoms with Gasteiger partial charge < -0.3 is 13.7 Å². The topological polar surface area (TPSA) is 29.5 Å². The quantitative estimate of drug-likeness (QED) is 0.197. The highest BCUT2D eigenvalue weighted by Gasteiger charge is 2.35. The van der Waals surface area contributed by atoms with Crippen LogP contribution in [0.5, 0.6) is 0 Å². The van der Waals surface area contributed by atoms with Crippen molar-refractivity contribution in [3.63, 3.8) is 0 Å². The number of anilines is 3. The van der Waals surface area contributed by atoms with Crippen molar-refractivity contribution in [1.82, 2.24) is 0 Å². The molecule has 0 fully saturated rings. The van der Waals surface area contributed by atoms with Crippen LogP contribution >= 0.6 is 0 Å². The van der Waals surface area contributed by atoms with Crippen LogP contribution in [0.2, 0.25) is 0 Å².